The Morgan fingerprint density at radius 3 is 0.800 bits per heavy atom. The molecule has 0 aromatic heterocycles. The van der Waals surface area contributed by atoms with Crippen molar-refractivity contribution in [1.29, 1.82) is 0 Å². The molecule has 0 aliphatic carbocycles. The van der Waals surface area contributed by atoms with Crippen LogP contribution in [0.3, 0.4) is 0 Å². The van der Waals surface area contributed by atoms with Gasteiger partial charge in [-0.25, -0.2) is 0 Å². The summed E-state index contributed by atoms with van der Waals surface area (Å²) in [6.07, 6.45) is 0. The van der Waals surface area contributed by atoms with Gasteiger partial charge in [-0.2, -0.15) is 0 Å². The zero-order valence-electron chi connectivity index (χ0n) is 2.13. The second-order valence-corrected chi connectivity index (χ2v) is 0. The number of hydrogen-bond acceptors (Lipinski definition) is 0. The minimum absolute atomic E-state index is 0. The summed E-state index contributed by atoms with van der Waals surface area (Å²) in [7, 11) is 0. The van der Waals surface area contributed by atoms with Crippen molar-refractivity contribution in [3.05, 3.63) is 0 Å². The molecule has 0 N–H and O–H groups in total. The molecule has 0 aromatic rings. The van der Waals surface area contributed by atoms with E-state index in [1.807, 2.05) is 0 Å². The molecule has 5 heavy (non-hydrogen) atoms. The van der Waals surface area contributed by atoms with E-state index in [0.29, 0.717) is 0 Å². The van der Waals surface area contributed by atoms with Gasteiger partial charge in [-0.3, -0.25) is 0 Å². The molecule has 0 atom stereocenters. The van der Waals surface area contributed by atoms with Crippen LogP contribution in [0.15, 0.2) is 0 Å². The van der Waals surface area contributed by atoms with Gasteiger partial charge in [-0.05, 0) is 0 Å². The third-order valence-corrected chi connectivity index (χ3v) is 0. The molecule has 0 aliphatic rings. The Hall–Kier alpha value is 3.47. The molecule has 0 nitrogen and oxygen atoms in total. The first-order chi connectivity index (χ1) is 0. The Labute approximate surface area is 104 Å². The maximum Gasteiger partial charge on any atom is 0 e. The van der Waals surface area contributed by atoms with Crippen molar-refractivity contribution < 1.29 is 107 Å². The molecule has 0 radical (unpaired) electrons. The molecule has 0 aliphatic heterocycles. The normalized spacial score (nSPS) is 0. The van der Waals surface area contributed by atoms with Gasteiger partial charge >= 0.3 is 0 Å². The van der Waals surface area contributed by atoms with Gasteiger partial charge in [-0.15, -0.1) is 0 Å². The van der Waals surface area contributed by atoms with Crippen LogP contribution in [0.5, 0.6) is 0 Å². The monoisotopic (exact) mass is 350 g/mol. The first-order valence-corrected chi connectivity index (χ1v) is 0. The zero-order chi connectivity index (χ0) is 0. The van der Waals surface area contributed by atoms with Gasteiger partial charge in [0.25, 0.3) is 0 Å². The maximum absolute atomic E-state index is 0. The van der Waals surface area contributed by atoms with Crippen LogP contribution in [0.25, 0.3) is 0 Å². The van der Waals surface area contributed by atoms with Crippen molar-refractivity contribution in [1.82, 2.24) is 0 Å². The maximum atomic E-state index is 0. The predicted molar refractivity (Wildman–Crippen MR) is 0 cm³/mol. The minimum atomic E-state index is 0. The van der Waals surface area contributed by atoms with Crippen LogP contribution in [-0.4, -0.2) is 0 Å². The summed E-state index contributed by atoms with van der Waals surface area (Å²) in [5.41, 5.74) is 0. The van der Waals surface area contributed by atoms with E-state index in [1.54, 1.807) is 0 Å². The van der Waals surface area contributed by atoms with Crippen LogP contribution in [0, 0.1) is 0 Å². The first kappa shape index (κ1) is 39.3. The molecule has 0 unspecified atom stereocenters. The average Bonchev–Trinajstić information content (AvgIpc) is 0. The Morgan fingerprint density at radius 2 is 0.800 bits per heavy atom. The van der Waals surface area contributed by atoms with Crippen molar-refractivity contribution in [2.75, 3.05) is 0 Å². The quantitative estimate of drug-likeness (QED) is 0.538. The van der Waals surface area contributed by atoms with Gasteiger partial charge in [0, 0.05) is 107 Å². The van der Waals surface area contributed by atoms with E-state index in [-0.39, 0.29) is 107 Å². The fourth-order valence-electron chi connectivity index (χ4n) is 0. The molecule has 0 saturated heterocycles. The predicted octanol–water partition coefficient (Wildman–Crippen LogP) is -0.0125. The van der Waals surface area contributed by atoms with E-state index in [4.69, 9.17) is 0 Å². The van der Waals surface area contributed by atoms with Crippen LogP contribution < -0.4 is 0 Å². The van der Waals surface area contributed by atoms with Crippen LogP contribution in [0.2, 0.25) is 0 Å². The standard InChI is InChI=1S/Ni.Pd.2Ti.Zr. The zero-order valence-corrected chi connectivity index (χ0v) is 10.3. The summed E-state index contributed by atoms with van der Waals surface area (Å²) < 4.78 is 0. The Balaban J connectivity index is 0. The third kappa shape index (κ3) is 18.6. The van der Waals surface area contributed by atoms with Crippen molar-refractivity contribution in [3.8, 4) is 0 Å². The summed E-state index contributed by atoms with van der Waals surface area (Å²) in [5, 5.41) is 0. The van der Waals surface area contributed by atoms with Gasteiger partial charge in [0.15, 0.2) is 0 Å². The molecule has 5 heteroatoms. The Morgan fingerprint density at radius 1 is 0.800 bits per heavy atom. The third-order valence-electron chi connectivity index (χ3n) is 0. The van der Waals surface area contributed by atoms with Crippen molar-refractivity contribution >= 4 is 0 Å². The van der Waals surface area contributed by atoms with E-state index in [1.165, 1.54) is 0 Å². The van der Waals surface area contributed by atoms with Gasteiger partial charge in [-0.1, -0.05) is 0 Å². The summed E-state index contributed by atoms with van der Waals surface area (Å²) in [6, 6.07) is 0. The SMILES string of the molecule is [Ni].[Pd].[Ti].[Ti].[Zr]. The summed E-state index contributed by atoms with van der Waals surface area (Å²) >= 11 is 0. The van der Waals surface area contributed by atoms with Gasteiger partial charge in [0.05, 0.1) is 0 Å². The molecule has 0 spiro atoms. The van der Waals surface area contributed by atoms with Crippen molar-refractivity contribution in [2.24, 2.45) is 0 Å². The smallest absolute Gasteiger partial charge is 0 e. The van der Waals surface area contributed by atoms with Crippen LogP contribution >= 0.6 is 0 Å². The number of rotatable bonds is 0. The molecule has 0 fully saturated rings. The van der Waals surface area contributed by atoms with E-state index in [9.17, 15) is 0 Å². The van der Waals surface area contributed by atoms with Crippen LogP contribution in [0.4, 0.5) is 0 Å². The Kier molecular flexibility index (Phi) is 204. The molecule has 0 amide bonds. The summed E-state index contributed by atoms with van der Waals surface area (Å²) in [5.74, 6) is 0. The van der Waals surface area contributed by atoms with E-state index >= 15 is 0 Å². The van der Waals surface area contributed by atoms with Gasteiger partial charge in [0.2, 0.25) is 0 Å². The second-order valence-electron chi connectivity index (χ2n) is 0. The largest absolute Gasteiger partial charge is 0 e. The fraction of sp³-hybridized carbons (Fsp3) is 0. The van der Waals surface area contributed by atoms with Gasteiger partial charge < -0.3 is 0 Å². The molecule has 0 aromatic carbocycles. The minimum Gasteiger partial charge on any atom is 0 e. The van der Waals surface area contributed by atoms with Crippen LogP contribution in [0.1, 0.15) is 0 Å². The fourth-order valence-corrected chi connectivity index (χ4v) is 0. The molecule has 0 bridgehead atoms. The van der Waals surface area contributed by atoms with E-state index < -0.39 is 0 Å². The molecule has 0 rings (SSSR count). The summed E-state index contributed by atoms with van der Waals surface area (Å²) in [6.45, 7) is 0. The van der Waals surface area contributed by atoms with Crippen LogP contribution in [-0.2, 0) is 107 Å². The Bertz CT molecular complexity index is 9.61. The molecule has 32 valence electrons. The van der Waals surface area contributed by atoms with Crippen molar-refractivity contribution in [2.45, 2.75) is 0 Å². The topological polar surface area (TPSA) is 0 Å². The second kappa shape index (κ2) is 26.0. The summed E-state index contributed by atoms with van der Waals surface area (Å²) in [4.78, 5) is 0. The van der Waals surface area contributed by atoms with Crippen molar-refractivity contribution in [3.63, 3.8) is 0 Å². The molecular formula is NiPdTi2Zr. The molecule has 0 saturated carbocycles. The first-order valence-electron chi connectivity index (χ1n) is 0. The van der Waals surface area contributed by atoms with E-state index in [2.05, 4.69) is 0 Å². The molecule has 0 heterocycles. The average molecular weight is 352 g/mol. The van der Waals surface area contributed by atoms with E-state index in [0.717, 1.165) is 0 Å². The van der Waals surface area contributed by atoms with Gasteiger partial charge in [0.1, 0.15) is 0 Å². The number of hydrogen-bond donors (Lipinski definition) is 0. The molecular weight excluding hydrogens is 352 g/mol.